The Balaban J connectivity index is 2.00. The van der Waals surface area contributed by atoms with Gasteiger partial charge in [0.15, 0.2) is 0 Å². The van der Waals surface area contributed by atoms with Gasteiger partial charge in [0.1, 0.15) is 0 Å². The van der Waals surface area contributed by atoms with E-state index in [1.54, 1.807) is 11.9 Å². The SMILES string of the molecule is CN(CCc1c[nH]c2ccccc12)C(=O)CCO. The number of H-pyrrole nitrogens is 1. The molecule has 0 spiro atoms. The summed E-state index contributed by atoms with van der Waals surface area (Å²) in [5.74, 6) is -0.0164. The van der Waals surface area contributed by atoms with Gasteiger partial charge in [0, 0.05) is 37.1 Å². The average Bonchev–Trinajstić information content (AvgIpc) is 2.79. The fourth-order valence-electron chi connectivity index (χ4n) is 2.04. The van der Waals surface area contributed by atoms with E-state index in [9.17, 15) is 4.79 Å². The highest BCUT2D eigenvalue weighted by atomic mass is 16.3. The standard InChI is InChI=1S/C14H18N2O2/c1-16(14(18)7-9-17)8-6-11-10-15-13-5-3-2-4-12(11)13/h2-5,10,15,17H,6-9H2,1H3. The van der Waals surface area contributed by atoms with Crippen LogP contribution in [0.1, 0.15) is 12.0 Å². The molecule has 0 fully saturated rings. The molecule has 0 saturated carbocycles. The first-order valence-electron chi connectivity index (χ1n) is 6.12. The van der Waals surface area contributed by atoms with Crippen LogP contribution in [0.3, 0.4) is 0 Å². The summed E-state index contributed by atoms with van der Waals surface area (Å²) in [6, 6.07) is 8.13. The second-order valence-corrected chi connectivity index (χ2v) is 4.40. The fraction of sp³-hybridized carbons (Fsp3) is 0.357. The largest absolute Gasteiger partial charge is 0.396 e. The first-order chi connectivity index (χ1) is 8.72. The van der Waals surface area contributed by atoms with E-state index in [2.05, 4.69) is 11.1 Å². The molecule has 2 aromatic rings. The monoisotopic (exact) mass is 246 g/mol. The van der Waals surface area contributed by atoms with Crippen molar-refractivity contribution in [1.82, 2.24) is 9.88 Å². The zero-order chi connectivity index (χ0) is 13.0. The minimum Gasteiger partial charge on any atom is -0.396 e. The summed E-state index contributed by atoms with van der Waals surface area (Å²) in [6.45, 7) is 0.580. The molecule has 96 valence electrons. The smallest absolute Gasteiger partial charge is 0.224 e. The molecule has 1 heterocycles. The number of likely N-dealkylation sites (N-methyl/N-ethyl adjacent to an activating group) is 1. The van der Waals surface area contributed by atoms with Crippen LogP contribution in [0.15, 0.2) is 30.5 Å². The predicted octanol–water partition coefficient (Wildman–Crippen LogP) is 1.55. The van der Waals surface area contributed by atoms with Crippen LogP contribution in [-0.2, 0) is 11.2 Å². The van der Waals surface area contributed by atoms with Crippen LogP contribution >= 0.6 is 0 Å². The second kappa shape index (κ2) is 5.69. The molecule has 2 rings (SSSR count). The Labute approximate surface area is 106 Å². The number of aromatic nitrogens is 1. The summed E-state index contributed by atoms with van der Waals surface area (Å²) in [5.41, 5.74) is 2.34. The zero-order valence-corrected chi connectivity index (χ0v) is 10.5. The topological polar surface area (TPSA) is 56.3 Å². The van der Waals surface area contributed by atoms with Gasteiger partial charge in [-0.15, -0.1) is 0 Å². The van der Waals surface area contributed by atoms with E-state index in [0.717, 1.165) is 11.9 Å². The number of benzene rings is 1. The molecule has 4 heteroatoms. The number of nitrogens with one attached hydrogen (secondary N) is 1. The molecule has 1 aromatic carbocycles. The Kier molecular flexibility index (Phi) is 3.99. The maximum Gasteiger partial charge on any atom is 0.224 e. The van der Waals surface area contributed by atoms with Crippen LogP contribution in [0.5, 0.6) is 0 Å². The van der Waals surface area contributed by atoms with Crippen molar-refractivity contribution >= 4 is 16.8 Å². The molecule has 1 amide bonds. The van der Waals surface area contributed by atoms with E-state index in [4.69, 9.17) is 5.11 Å². The number of hydrogen-bond donors (Lipinski definition) is 2. The number of nitrogens with zero attached hydrogens (tertiary/aromatic N) is 1. The lowest BCUT2D eigenvalue weighted by molar-refractivity contribution is -0.130. The molecule has 0 aliphatic carbocycles. The number of aliphatic hydroxyl groups excluding tert-OH is 1. The Bertz CT molecular complexity index is 533. The zero-order valence-electron chi connectivity index (χ0n) is 10.5. The molecule has 4 nitrogen and oxygen atoms in total. The van der Waals surface area contributed by atoms with Gasteiger partial charge < -0.3 is 15.0 Å². The first-order valence-corrected chi connectivity index (χ1v) is 6.12. The Hall–Kier alpha value is -1.81. The van der Waals surface area contributed by atoms with Crippen molar-refractivity contribution in [1.29, 1.82) is 0 Å². The van der Waals surface area contributed by atoms with E-state index < -0.39 is 0 Å². The third-order valence-electron chi connectivity index (χ3n) is 3.14. The van der Waals surface area contributed by atoms with Crippen molar-refractivity contribution in [2.75, 3.05) is 20.2 Å². The van der Waals surface area contributed by atoms with Gasteiger partial charge in [0.05, 0.1) is 6.61 Å². The summed E-state index contributed by atoms with van der Waals surface area (Å²) in [7, 11) is 1.77. The van der Waals surface area contributed by atoms with Crippen molar-refractivity contribution in [2.24, 2.45) is 0 Å². The average molecular weight is 246 g/mol. The highest BCUT2D eigenvalue weighted by Crippen LogP contribution is 2.18. The lowest BCUT2D eigenvalue weighted by atomic mass is 10.1. The van der Waals surface area contributed by atoms with Crippen LogP contribution < -0.4 is 0 Å². The van der Waals surface area contributed by atoms with E-state index in [1.165, 1.54) is 10.9 Å². The van der Waals surface area contributed by atoms with E-state index in [0.29, 0.717) is 6.54 Å². The highest BCUT2D eigenvalue weighted by Gasteiger charge is 2.09. The number of fused-ring (bicyclic) bond motifs is 1. The van der Waals surface area contributed by atoms with Crippen LogP contribution in [0.2, 0.25) is 0 Å². The molecule has 0 radical (unpaired) electrons. The maximum atomic E-state index is 11.5. The van der Waals surface area contributed by atoms with Gasteiger partial charge in [-0.3, -0.25) is 4.79 Å². The number of amides is 1. The van der Waals surface area contributed by atoms with Gasteiger partial charge in [0.25, 0.3) is 0 Å². The lowest BCUT2D eigenvalue weighted by Gasteiger charge is -2.16. The number of rotatable bonds is 5. The van der Waals surface area contributed by atoms with Crippen LogP contribution in [0.4, 0.5) is 0 Å². The van der Waals surface area contributed by atoms with Gasteiger partial charge in [-0.05, 0) is 18.1 Å². The predicted molar refractivity (Wildman–Crippen MR) is 71.3 cm³/mol. The molecule has 0 aliphatic rings. The molecule has 18 heavy (non-hydrogen) atoms. The summed E-state index contributed by atoms with van der Waals surface area (Å²) in [4.78, 5) is 16.4. The van der Waals surface area contributed by atoms with E-state index >= 15 is 0 Å². The summed E-state index contributed by atoms with van der Waals surface area (Å²) in [6.07, 6.45) is 3.01. The molecule has 0 atom stereocenters. The van der Waals surface area contributed by atoms with Crippen LogP contribution in [-0.4, -0.2) is 41.1 Å². The Morgan fingerprint density at radius 2 is 2.17 bits per heavy atom. The molecule has 0 saturated heterocycles. The van der Waals surface area contributed by atoms with Crippen molar-refractivity contribution < 1.29 is 9.90 Å². The number of carbonyl (C=O) groups is 1. The first kappa shape index (κ1) is 12.6. The van der Waals surface area contributed by atoms with Crippen molar-refractivity contribution in [3.05, 3.63) is 36.0 Å². The molecular formula is C14H18N2O2. The van der Waals surface area contributed by atoms with Gasteiger partial charge in [-0.25, -0.2) is 0 Å². The van der Waals surface area contributed by atoms with Crippen molar-refractivity contribution in [3.63, 3.8) is 0 Å². The Morgan fingerprint density at radius 3 is 2.94 bits per heavy atom. The van der Waals surface area contributed by atoms with E-state index in [-0.39, 0.29) is 18.9 Å². The van der Waals surface area contributed by atoms with E-state index in [1.807, 2.05) is 24.4 Å². The maximum absolute atomic E-state index is 11.5. The lowest BCUT2D eigenvalue weighted by Crippen LogP contribution is -2.29. The summed E-state index contributed by atoms with van der Waals surface area (Å²) < 4.78 is 0. The molecule has 1 aromatic heterocycles. The number of para-hydroxylation sites is 1. The van der Waals surface area contributed by atoms with Crippen molar-refractivity contribution in [2.45, 2.75) is 12.8 Å². The van der Waals surface area contributed by atoms with Gasteiger partial charge in [-0.1, -0.05) is 18.2 Å². The van der Waals surface area contributed by atoms with Crippen LogP contribution in [0, 0.1) is 0 Å². The molecule has 0 unspecified atom stereocenters. The van der Waals surface area contributed by atoms with Gasteiger partial charge in [-0.2, -0.15) is 0 Å². The summed E-state index contributed by atoms with van der Waals surface area (Å²) >= 11 is 0. The highest BCUT2D eigenvalue weighted by molar-refractivity contribution is 5.83. The minimum atomic E-state index is -0.0870. The molecule has 0 aliphatic heterocycles. The third-order valence-corrected chi connectivity index (χ3v) is 3.14. The number of hydrogen-bond acceptors (Lipinski definition) is 2. The van der Waals surface area contributed by atoms with Gasteiger partial charge >= 0.3 is 0 Å². The number of aromatic amines is 1. The number of aliphatic hydroxyl groups is 1. The molecule has 0 bridgehead atoms. The third kappa shape index (κ3) is 2.71. The second-order valence-electron chi connectivity index (χ2n) is 4.40. The molecular weight excluding hydrogens is 228 g/mol. The quantitative estimate of drug-likeness (QED) is 0.841. The fourth-order valence-corrected chi connectivity index (χ4v) is 2.04. The summed E-state index contributed by atoms with van der Waals surface area (Å²) in [5, 5.41) is 9.94. The van der Waals surface area contributed by atoms with Crippen molar-refractivity contribution in [3.8, 4) is 0 Å². The normalized spacial score (nSPS) is 10.8. The van der Waals surface area contributed by atoms with Crippen LogP contribution in [0.25, 0.3) is 10.9 Å². The number of carbonyl (C=O) groups excluding carboxylic acids is 1. The molecule has 2 N–H and O–H groups in total. The minimum absolute atomic E-state index is 0.0164. The Morgan fingerprint density at radius 1 is 1.39 bits per heavy atom. The van der Waals surface area contributed by atoms with Gasteiger partial charge in [0.2, 0.25) is 5.91 Å².